The first kappa shape index (κ1) is 17.8. The Kier molecular flexibility index (Phi) is 4.79. The monoisotopic (exact) mass is 364 g/mol. The summed E-state index contributed by atoms with van der Waals surface area (Å²) in [4.78, 5) is 11.4. The van der Waals surface area contributed by atoms with Crippen molar-refractivity contribution in [1.29, 1.82) is 0 Å². The Morgan fingerprint density at radius 3 is 2.44 bits per heavy atom. The molecule has 1 N–H and O–H groups in total. The van der Waals surface area contributed by atoms with Crippen molar-refractivity contribution in [1.82, 2.24) is 24.5 Å². The first-order valence-corrected chi connectivity index (χ1v) is 9.85. The molecule has 0 atom stereocenters. The SMILES string of the molecule is Cc1cc(CNS(=O)(=O)c2c(C)nn(C)c2C)nc(N2CCCC2)n1. The summed E-state index contributed by atoms with van der Waals surface area (Å²) >= 11 is 0. The van der Waals surface area contributed by atoms with Crippen molar-refractivity contribution < 1.29 is 8.42 Å². The lowest BCUT2D eigenvalue weighted by Crippen LogP contribution is -2.26. The van der Waals surface area contributed by atoms with Crippen molar-refractivity contribution in [3.8, 4) is 0 Å². The van der Waals surface area contributed by atoms with Crippen LogP contribution in [0.1, 0.15) is 35.6 Å². The van der Waals surface area contributed by atoms with E-state index in [1.165, 1.54) is 0 Å². The molecule has 0 saturated carbocycles. The number of hydrogen-bond acceptors (Lipinski definition) is 6. The van der Waals surface area contributed by atoms with Gasteiger partial charge in [-0.3, -0.25) is 4.68 Å². The van der Waals surface area contributed by atoms with E-state index in [0.29, 0.717) is 23.0 Å². The van der Waals surface area contributed by atoms with E-state index in [-0.39, 0.29) is 11.4 Å². The van der Waals surface area contributed by atoms with Gasteiger partial charge in [-0.05, 0) is 39.7 Å². The highest BCUT2D eigenvalue weighted by molar-refractivity contribution is 7.89. The molecule has 0 aliphatic carbocycles. The minimum atomic E-state index is -3.65. The van der Waals surface area contributed by atoms with Gasteiger partial charge >= 0.3 is 0 Å². The average Bonchev–Trinajstić information content (AvgIpc) is 3.14. The highest BCUT2D eigenvalue weighted by Crippen LogP contribution is 2.20. The third-order valence-corrected chi connectivity index (χ3v) is 6.09. The van der Waals surface area contributed by atoms with E-state index in [0.717, 1.165) is 31.6 Å². The van der Waals surface area contributed by atoms with Crippen molar-refractivity contribution in [2.24, 2.45) is 7.05 Å². The summed E-state index contributed by atoms with van der Waals surface area (Å²) < 4.78 is 29.6. The van der Waals surface area contributed by atoms with Crippen LogP contribution in [0.2, 0.25) is 0 Å². The van der Waals surface area contributed by atoms with Crippen molar-refractivity contribution in [3.05, 3.63) is 28.8 Å². The van der Waals surface area contributed by atoms with Crippen LogP contribution < -0.4 is 9.62 Å². The van der Waals surface area contributed by atoms with Crippen molar-refractivity contribution >= 4 is 16.0 Å². The molecule has 2 aromatic rings. The Morgan fingerprint density at radius 2 is 1.84 bits per heavy atom. The number of aryl methyl sites for hydroxylation is 3. The third-order valence-electron chi connectivity index (χ3n) is 4.44. The highest BCUT2D eigenvalue weighted by atomic mass is 32.2. The first-order valence-electron chi connectivity index (χ1n) is 8.37. The summed E-state index contributed by atoms with van der Waals surface area (Å²) in [6.07, 6.45) is 2.28. The molecular formula is C16H24N6O2S. The van der Waals surface area contributed by atoms with Crippen LogP contribution in [0.15, 0.2) is 11.0 Å². The Bertz CT molecular complexity index is 884. The van der Waals surface area contributed by atoms with Crippen LogP contribution in [0.25, 0.3) is 0 Å². The molecule has 1 aliphatic rings. The summed E-state index contributed by atoms with van der Waals surface area (Å²) in [6.45, 7) is 7.36. The largest absolute Gasteiger partial charge is 0.341 e. The van der Waals surface area contributed by atoms with Crippen LogP contribution in [0.5, 0.6) is 0 Å². The third kappa shape index (κ3) is 3.67. The number of sulfonamides is 1. The molecular weight excluding hydrogens is 340 g/mol. The topological polar surface area (TPSA) is 93.0 Å². The molecule has 3 heterocycles. The van der Waals surface area contributed by atoms with Crippen LogP contribution in [0, 0.1) is 20.8 Å². The number of nitrogens with one attached hydrogen (secondary N) is 1. The molecule has 0 bridgehead atoms. The van der Waals surface area contributed by atoms with E-state index in [2.05, 4.69) is 24.7 Å². The minimum absolute atomic E-state index is 0.125. The maximum absolute atomic E-state index is 12.7. The summed E-state index contributed by atoms with van der Waals surface area (Å²) in [5.74, 6) is 0.681. The number of aromatic nitrogens is 4. The molecule has 9 heteroatoms. The van der Waals surface area contributed by atoms with Gasteiger partial charge in [0.05, 0.1) is 23.6 Å². The van der Waals surface area contributed by atoms with Crippen molar-refractivity contribution in [2.75, 3.05) is 18.0 Å². The van der Waals surface area contributed by atoms with Gasteiger partial charge in [0.25, 0.3) is 0 Å². The van der Waals surface area contributed by atoms with Gasteiger partial charge in [0.1, 0.15) is 4.90 Å². The Hall–Kier alpha value is -2.00. The molecule has 1 fully saturated rings. The van der Waals surface area contributed by atoms with E-state index < -0.39 is 10.0 Å². The summed E-state index contributed by atoms with van der Waals surface area (Å²) in [7, 11) is -1.92. The van der Waals surface area contributed by atoms with Gasteiger partial charge in [-0.25, -0.2) is 23.1 Å². The van der Waals surface area contributed by atoms with E-state index in [4.69, 9.17) is 0 Å². The molecule has 3 rings (SSSR count). The maximum Gasteiger partial charge on any atom is 0.244 e. The minimum Gasteiger partial charge on any atom is -0.341 e. The fourth-order valence-corrected chi connectivity index (χ4v) is 4.58. The molecule has 136 valence electrons. The summed E-state index contributed by atoms with van der Waals surface area (Å²) in [5.41, 5.74) is 2.60. The van der Waals surface area contributed by atoms with Crippen LogP contribution >= 0.6 is 0 Å². The molecule has 0 aromatic carbocycles. The number of rotatable bonds is 5. The standard InChI is InChI=1S/C16H24N6O2S/c1-11-9-14(19-16(18-11)22-7-5-6-8-22)10-17-25(23,24)15-12(2)20-21(4)13(15)3/h9,17H,5-8,10H2,1-4H3. The molecule has 0 spiro atoms. The second-order valence-corrected chi connectivity index (χ2v) is 8.15. The summed E-state index contributed by atoms with van der Waals surface area (Å²) in [6, 6.07) is 1.81. The summed E-state index contributed by atoms with van der Waals surface area (Å²) in [5, 5.41) is 4.18. The zero-order chi connectivity index (χ0) is 18.2. The van der Waals surface area contributed by atoms with Crippen molar-refractivity contribution in [3.63, 3.8) is 0 Å². The van der Waals surface area contributed by atoms with Crippen LogP contribution in [-0.2, 0) is 23.6 Å². The van der Waals surface area contributed by atoms with E-state index in [9.17, 15) is 8.42 Å². The maximum atomic E-state index is 12.7. The average molecular weight is 364 g/mol. The lowest BCUT2D eigenvalue weighted by molar-refractivity contribution is 0.578. The van der Waals surface area contributed by atoms with E-state index >= 15 is 0 Å². The second-order valence-electron chi connectivity index (χ2n) is 6.44. The smallest absolute Gasteiger partial charge is 0.244 e. The van der Waals surface area contributed by atoms with Crippen molar-refractivity contribution in [2.45, 2.75) is 45.1 Å². The Morgan fingerprint density at radius 1 is 1.16 bits per heavy atom. The van der Waals surface area contributed by atoms with Gasteiger partial charge in [-0.15, -0.1) is 0 Å². The van der Waals surface area contributed by atoms with Gasteiger partial charge < -0.3 is 4.90 Å². The molecule has 1 saturated heterocycles. The highest BCUT2D eigenvalue weighted by Gasteiger charge is 2.24. The quantitative estimate of drug-likeness (QED) is 0.857. The van der Waals surface area contributed by atoms with Gasteiger partial charge in [0.2, 0.25) is 16.0 Å². The molecule has 1 aliphatic heterocycles. The fraction of sp³-hybridized carbons (Fsp3) is 0.562. The lowest BCUT2D eigenvalue weighted by atomic mass is 10.3. The predicted octanol–water partition coefficient (Wildman–Crippen LogP) is 1.21. The second kappa shape index (κ2) is 6.72. The fourth-order valence-electron chi connectivity index (χ4n) is 3.15. The van der Waals surface area contributed by atoms with Gasteiger partial charge in [-0.2, -0.15) is 5.10 Å². The molecule has 8 nitrogen and oxygen atoms in total. The molecule has 0 radical (unpaired) electrons. The molecule has 0 amide bonds. The number of hydrogen-bond donors (Lipinski definition) is 1. The van der Waals surface area contributed by atoms with Crippen LogP contribution in [-0.4, -0.2) is 41.3 Å². The van der Waals surface area contributed by atoms with Gasteiger partial charge in [0, 0.05) is 25.8 Å². The zero-order valence-electron chi connectivity index (χ0n) is 15.1. The van der Waals surface area contributed by atoms with E-state index in [1.54, 1.807) is 25.6 Å². The van der Waals surface area contributed by atoms with Gasteiger partial charge in [0.15, 0.2) is 0 Å². The molecule has 0 unspecified atom stereocenters. The predicted molar refractivity (Wildman–Crippen MR) is 94.9 cm³/mol. The van der Waals surface area contributed by atoms with Gasteiger partial charge in [-0.1, -0.05) is 0 Å². The molecule has 25 heavy (non-hydrogen) atoms. The number of nitrogens with zero attached hydrogens (tertiary/aromatic N) is 5. The molecule has 2 aromatic heterocycles. The van der Waals surface area contributed by atoms with Crippen LogP contribution in [0.4, 0.5) is 5.95 Å². The zero-order valence-corrected chi connectivity index (χ0v) is 15.9. The Labute approximate surface area is 148 Å². The normalized spacial score (nSPS) is 15.1. The first-order chi connectivity index (χ1) is 11.8. The van der Waals surface area contributed by atoms with Crippen LogP contribution in [0.3, 0.4) is 0 Å². The lowest BCUT2D eigenvalue weighted by Gasteiger charge is -2.16. The van der Waals surface area contributed by atoms with E-state index in [1.807, 2.05) is 13.0 Å². The number of anilines is 1. The Balaban J connectivity index is 1.81.